The van der Waals surface area contributed by atoms with Gasteiger partial charge in [0, 0.05) is 35.4 Å². The van der Waals surface area contributed by atoms with Crippen LogP contribution in [0.4, 0.5) is 11.4 Å². The smallest absolute Gasteiger partial charge is 0.270 e. The van der Waals surface area contributed by atoms with Gasteiger partial charge in [0.25, 0.3) is 11.4 Å². The van der Waals surface area contributed by atoms with Crippen LogP contribution >= 0.6 is 0 Å². The number of hydrogen-bond acceptors (Lipinski definition) is 6. The fourth-order valence-corrected chi connectivity index (χ4v) is 4.36. The standard InChI is InChI=1S/C28H30N2O6/c31-29(32)23-13-17-27-21(19-23)11-15-25(35-27)9-7-5-3-1-2-4-6-8-10-26-16-12-22-20-24(30(33)34)14-18-28(22)36-26/h1-2,11-20,25-26H,3-10H2/b2-1+. The zero-order valence-corrected chi connectivity index (χ0v) is 20.1. The number of rotatable bonds is 12. The first-order valence-corrected chi connectivity index (χ1v) is 12.4. The Hall–Kier alpha value is -3.94. The zero-order valence-electron chi connectivity index (χ0n) is 20.1. The summed E-state index contributed by atoms with van der Waals surface area (Å²) in [7, 11) is 0. The maximum atomic E-state index is 10.9. The molecular formula is C28H30N2O6. The molecule has 0 saturated heterocycles. The lowest BCUT2D eigenvalue weighted by Crippen LogP contribution is -2.16. The number of hydrogen-bond donors (Lipinski definition) is 0. The molecule has 2 aromatic carbocycles. The lowest BCUT2D eigenvalue weighted by atomic mass is 10.0. The van der Waals surface area contributed by atoms with E-state index in [-0.39, 0.29) is 23.6 Å². The molecule has 2 aromatic rings. The molecule has 0 aromatic heterocycles. The highest BCUT2D eigenvalue weighted by Crippen LogP contribution is 2.32. The molecule has 2 heterocycles. The van der Waals surface area contributed by atoms with E-state index >= 15 is 0 Å². The Morgan fingerprint density at radius 3 is 1.56 bits per heavy atom. The summed E-state index contributed by atoms with van der Waals surface area (Å²) < 4.78 is 11.9. The molecular weight excluding hydrogens is 460 g/mol. The number of ether oxygens (including phenoxy) is 2. The first kappa shape index (κ1) is 25.2. The number of benzene rings is 2. The van der Waals surface area contributed by atoms with Gasteiger partial charge in [-0.15, -0.1) is 0 Å². The largest absolute Gasteiger partial charge is 0.486 e. The van der Waals surface area contributed by atoms with Crippen LogP contribution in [0.2, 0.25) is 0 Å². The van der Waals surface area contributed by atoms with Crippen LogP contribution in [0.1, 0.15) is 62.5 Å². The molecule has 4 rings (SSSR count). The van der Waals surface area contributed by atoms with Gasteiger partial charge in [-0.1, -0.05) is 24.3 Å². The van der Waals surface area contributed by atoms with Crippen LogP contribution in [0, 0.1) is 20.2 Å². The van der Waals surface area contributed by atoms with Crippen LogP contribution < -0.4 is 9.47 Å². The minimum atomic E-state index is -0.395. The topological polar surface area (TPSA) is 105 Å². The van der Waals surface area contributed by atoms with Gasteiger partial charge in [-0.3, -0.25) is 20.2 Å². The fourth-order valence-electron chi connectivity index (χ4n) is 4.36. The van der Waals surface area contributed by atoms with Gasteiger partial charge in [-0.25, -0.2) is 0 Å². The van der Waals surface area contributed by atoms with Gasteiger partial charge in [0.05, 0.1) is 9.85 Å². The number of nitro groups is 2. The van der Waals surface area contributed by atoms with E-state index < -0.39 is 9.85 Å². The fraction of sp³-hybridized carbons (Fsp3) is 0.357. The summed E-state index contributed by atoms with van der Waals surface area (Å²) in [4.78, 5) is 21.0. The molecule has 0 radical (unpaired) electrons. The summed E-state index contributed by atoms with van der Waals surface area (Å²) in [6, 6.07) is 9.40. The van der Waals surface area contributed by atoms with Crippen molar-refractivity contribution in [3.63, 3.8) is 0 Å². The highest BCUT2D eigenvalue weighted by Gasteiger charge is 2.18. The Morgan fingerprint density at radius 2 is 1.14 bits per heavy atom. The van der Waals surface area contributed by atoms with Gasteiger partial charge in [-0.2, -0.15) is 0 Å². The van der Waals surface area contributed by atoms with Crippen molar-refractivity contribution in [2.24, 2.45) is 0 Å². The second-order valence-corrected chi connectivity index (χ2v) is 9.03. The maximum Gasteiger partial charge on any atom is 0.270 e. The van der Waals surface area contributed by atoms with Crippen LogP contribution in [0.5, 0.6) is 11.5 Å². The molecule has 188 valence electrons. The van der Waals surface area contributed by atoms with Gasteiger partial charge < -0.3 is 9.47 Å². The number of non-ortho nitro benzene ring substituents is 2. The van der Waals surface area contributed by atoms with Crippen molar-refractivity contribution in [2.75, 3.05) is 0 Å². The predicted molar refractivity (Wildman–Crippen MR) is 139 cm³/mol. The Morgan fingerprint density at radius 1 is 0.694 bits per heavy atom. The lowest BCUT2D eigenvalue weighted by Gasteiger charge is -2.21. The van der Waals surface area contributed by atoms with Crippen molar-refractivity contribution in [3.8, 4) is 11.5 Å². The molecule has 8 heteroatoms. The maximum absolute atomic E-state index is 10.9. The second-order valence-electron chi connectivity index (χ2n) is 9.03. The lowest BCUT2D eigenvalue weighted by molar-refractivity contribution is -0.385. The molecule has 0 fully saturated rings. The van der Waals surface area contributed by atoms with Crippen molar-refractivity contribution < 1.29 is 19.3 Å². The molecule has 0 spiro atoms. The number of nitro benzene ring substituents is 2. The third kappa shape index (κ3) is 6.81. The Labute approximate surface area is 210 Å². The van der Waals surface area contributed by atoms with E-state index in [2.05, 4.69) is 12.2 Å². The summed E-state index contributed by atoms with van der Waals surface area (Å²) in [6.07, 6.45) is 20.5. The summed E-state index contributed by atoms with van der Waals surface area (Å²) in [5, 5.41) is 21.8. The minimum Gasteiger partial charge on any atom is -0.486 e. The van der Waals surface area contributed by atoms with Crippen LogP contribution in [0.15, 0.2) is 60.7 Å². The van der Waals surface area contributed by atoms with E-state index in [4.69, 9.17) is 9.47 Å². The van der Waals surface area contributed by atoms with Crippen LogP contribution in [-0.4, -0.2) is 22.1 Å². The summed E-state index contributed by atoms with van der Waals surface area (Å²) in [5.74, 6) is 1.41. The first-order chi connectivity index (χ1) is 17.5. The first-order valence-electron chi connectivity index (χ1n) is 12.4. The molecule has 0 bridgehead atoms. The van der Waals surface area contributed by atoms with E-state index in [0.717, 1.165) is 62.5 Å². The van der Waals surface area contributed by atoms with Gasteiger partial charge >= 0.3 is 0 Å². The third-order valence-corrected chi connectivity index (χ3v) is 6.33. The summed E-state index contributed by atoms with van der Waals surface area (Å²) in [6.45, 7) is 0. The van der Waals surface area contributed by atoms with Gasteiger partial charge in [0.2, 0.25) is 0 Å². The quantitative estimate of drug-likeness (QED) is 0.133. The molecule has 36 heavy (non-hydrogen) atoms. The molecule has 2 aliphatic rings. The van der Waals surface area contributed by atoms with Crippen molar-refractivity contribution in [2.45, 2.75) is 63.6 Å². The SMILES string of the molecule is O=[N+]([O-])c1ccc2c(c1)C=CC(CCCC/C=C/CCCCC1C=Cc3cc([N+](=O)[O-])ccc3O1)O2. The normalized spacial score (nSPS) is 17.8. The highest BCUT2D eigenvalue weighted by molar-refractivity contribution is 5.64. The number of allylic oxidation sites excluding steroid dienone is 2. The third-order valence-electron chi connectivity index (χ3n) is 6.33. The Balaban J connectivity index is 1.05. The van der Waals surface area contributed by atoms with Gasteiger partial charge in [0.1, 0.15) is 23.7 Å². The number of fused-ring (bicyclic) bond motifs is 2. The molecule has 0 N–H and O–H groups in total. The van der Waals surface area contributed by atoms with Gasteiger partial charge in [0.15, 0.2) is 0 Å². The van der Waals surface area contributed by atoms with Crippen molar-refractivity contribution in [1.29, 1.82) is 0 Å². The van der Waals surface area contributed by atoms with E-state index in [1.54, 1.807) is 24.3 Å². The molecule has 2 aliphatic heterocycles. The number of nitrogens with zero attached hydrogens (tertiary/aromatic N) is 2. The van der Waals surface area contributed by atoms with Crippen molar-refractivity contribution in [3.05, 3.63) is 92.1 Å². The molecule has 8 nitrogen and oxygen atoms in total. The summed E-state index contributed by atoms with van der Waals surface area (Å²) >= 11 is 0. The van der Waals surface area contributed by atoms with Crippen molar-refractivity contribution in [1.82, 2.24) is 0 Å². The van der Waals surface area contributed by atoms with E-state index in [9.17, 15) is 20.2 Å². The Bertz CT molecular complexity index is 1100. The van der Waals surface area contributed by atoms with Crippen LogP contribution in [0.3, 0.4) is 0 Å². The van der Waals surface area contributed by atoms with Crippen LogP contribution in [-0.2, 0) is 0 Å². The highest BCUT2D eigenvalue weighted by atomic mass is 16.6. The predicted octanol–water partition coefficient (Wildman–Crippen LogP) is 7.43. The zero-order chi connectivity index (χ0) is 25.3. The van der Waals surface area contributed by atoms with E-state index in [1.807, 2.05) is 24.3 Å². The van der Waals surface area contributed by atoms with Gasteiger partial charge in [-0.05, 0) is 75.7 Å². The average Bonchev–Trinajstić information content (AvgIpc) is 2.88. The Kier molecular flexibility index (Phi) is 8.49. The van der Waals surface area contributed by atoms with E-state index in [1.165, 1.54) is 12.1 Å². The molecule has 2 atom stereocenters. The van der Waals surface area contributed by atoms with Crippen LogP contribution in [0.25, 0.3) is 12.2 Å². The molecule has 0 amide bonds. The second kappa shape index (κ2) is 12.2. The molecule has 2 unspecified atom stereocenters. The molecule has 0 aliphatic carbocycles. The number of unbranched alkanes of at least 4 members (excludes halogenated alkanes) is 4. The van der Waals surface area contributed by atoms with E-state index in [0.29, 0.717) is 11.5 Å². The summed E-state index contributed by atoms with van der Waals surface area (Å²) in [5.41, 5.74) is 1.66. The molecule has 0 saturated carbocycles. The average molecular weight is 491 g/mol. The van der Waals surface area contributed by atoms with Crippen molar-refractivity contribution >= 4 is 23.5 Å². The minimum absolute atomic E-state index is 0.0149. The monoisotopic (exact) mass is 490 g/mol.